The van der Waals surface area contributed by atoms with Gasteiger partial charge in [0.05, 0.1) is 11.1 Å². The SMILES string of the molecule is N#Cc1ccc(Oc2c[c]ccc2)cc1C#N. The van der Waals surface area contributed by atoms with Gasteiger partial charge in [0.25, 0.3) is 0 Å². The van der Waals surface area contributed by atoms with Crippen molar-refractivity contribution in [2.24, 2.45) is 0 Å². The van der Waals surface area contributed by atoms with Crippen molar-refractivity contribution in [2.75, 3.05) is 0 Å². The third kappa shape index (κ3) is 2.42. The van der Waals surface area contributed by atoms with Crippen LogP contribution in [0.3, 0.4) is 0 Å². The quantitative estimate of drug-likeness (QED) is 0.780. The van der Waals surface area contributed by atoms with E-state index in [9.17, 15) is 0 Å². The Morgan fingerprint density at radius 1 is 1.00 bits per heavy atom. The van der Waals surface area contributed by atoms with Crippen molar-refractivity contribution in [1.82, 2.24) is 0 Å². The second-order valence-electron chi connectivity index (χ2n) is 3.27. The summed E-state index contributed by atoms with van der Waals surface area (Å²) in [5.41, 5.74) is 0.657. The standard InChI is InChI=1S/C14H7N2O/c15-9-11-6-7-14(8-12(11)10-16)17-13-4-2-1-3-5-13/h1-2,4-8H. The summed E-state index contributed by atoms with van der Waals surface area (Å²) >= 11 is 0. The van der Waals surface area contributed by atoms with Gasteiger partial charge in [0.1, 0.15) is 23.6 Å². The summed E-state index contributed by atoms with van der Waals surface area (Å²) < 4.78 is 5.53. The van der Waals surface area contributed by atoms with Crippen LogP contribution in [0.4, 0.5) is 0 Å². The molecule has 0 N–H and O–H groups in total. The van der Waals surface area contributed by atoms with E-state index in [4.69, 9.17) is 15.3 Å². The summed E-state index contributed by atoms with van der Waals surface area (Å²) in [6.45, 7) is 0. The lowest BCUT2D eigenvalue weighted by Crippen LogP contribution is -1.88. The Hall–Kier alpha value is -2.78. The molecule has 3 nitrogen and oxygen atoms in total. The van der Waals surface area contributed by atoms with E-state index in [-0.39, 0.29) is 0 Å². The Balaban J connectivity index is 2.30. The summed E-state index contributed by atoms with van der Waals surface area (Å²) in [6.07, 6.45) is 0. The Kier molecular flexibility index (Phi) is 3.05. The van der Waals surface area contributed by atoms with Crippen LogP contribution in [0.1, 0.15) is 11.1 Å². The Morgan fingerprint density at radius 3 is 2.47 bits per heavy atom. The minimum atomic E-state index is 0.310. The molecule has 0 spiro atoms. The minimum Gasteiger partial charge on any atom is -0.457 e. The molecule has 0 saturated carbocycles. The number of ether oxygens (including phenoxy) is 1. The molecule has 0 bridgehead atoms. The van der Waals surface area contributed by atoms with Crippen LogP contribution in [0.5, 0.6) is 11.5 Å². The molecule has 0 saturated heterocycles. The zero-order valence-electron chi connectivity index (χ0n) is 8.84. The molecule has 0 aromatic heterocycles. The Morgan fingerprint density at radius 2 is 1.82 bits per heavy atom. The van der Waals surface area contributed by atoms with Gasteiger partial charge in [-0.3, -0.25) is 0 Å². The van der Waals surface area contributed by atoms with Gasteiger partial charge in [-0.2, -0.15) is 10.5 Å². The van der Waals surface area contributed by atoms with E-state index in [1.807, 2.05) is 18.2 Å². The molecule has 2 aromatic rings. The van der Waals surface area contributed by atoms with Gasteiger partial charge in [-0.05, 0) is 36.4 Å². The second kappa shape index (κ2) is 4.83. The molecule has 2 rings (SSSR count). The smallest absolute Gasteiger partial charge is 0.128 e. The normalized spacial score (nSPS) is 9.06. The molecule has 0 heterocycles. The molecule has 0 atom stereocenters. The van der Waals surface area contributed by atoms with Crippen LogP contribution in [0.15, 0.2) is 42.5 Å². The highest BCUT2D eigenvalue weighted by atomic mass is 16.5. The molecule has 79 valence electrons. The number of nitriles is 2. The van der Waals surface area contributed by atoms with E-state index in [1.165, 1.54) is 0 Å². The molecule has 3 heteroatoms. The fourth-order valence-electron chi connectivity index (χ4n) is 1.35. The van der Waals surface area contributed by atoms with Crippen LogP contribution in [0, 0.1) is 28.7 Å². The van der Waals surface area contributed by atoms with E-state index >= 15 is 0 Å². The Bertz CT molecular complexity index is 606. The van der Waals surface area contributed by atoms with Crippen LogP contribution in [0.2, 0.25) is 0 Å². The number of rotatable bonds is 2. The first-order chi connectivity index (χ1) is 8.33. The first-order valence-electron chi connectivity index (χ1n) is 4.91. The lowest BCUT2D eigenvalue weighted by atomic mass is 10.1. The second-order valence-corrected chi connectivity index (χ2v) is 3.27. The molecule has 0 aliphatic heterocycles. The van der Waals surface area contributed by atoms with Crippen molar-refractivity contribution in [3.8, 4) is 23.6 Å². The maximum atomic E-state index is 8.88. The highest BCUT2D eigenvalue weighted by molar-refractivity contribution is 5.49. The van der Waals surface area contributed by atoms with Gasteiger partial charge in [0.2, 0.25) is 0 Å². The third-order valence-electron chi connectivity index (χ3n) is 2.15. The molecule has 17 heavy (non-hydrogen) atoms. The van der Waals surface area contributed by atoms with Gasteiger partial charge in [0, 0.05) is 0 Å². The average molecular weight is 219 g/mol. The molecule has 0 aliphatic rings. The summed E-state index contributed by atoms with van der Waals surface area (Å²) in [5.74, 6) is 1.17. The molecule has 1 radical (unpaired) electrons. The zero-order chi connectivity index (χ0) is 12.1. The zero-order valence-corrected chi connectivity index (χ0v) is 8.84. The van der Waals surface area contributed by atoms with Crippen LogP contribution in [-0.4, -0.2) is 0 Å². The van der Waals surface area contributed by atoms with E-state index in [0.717, 1.165) is 0 Å². The highest BCUT2D eigenvalue weighted by Gasteiger charge is 2.04. The predicted molar refractivity (Wildman–Crippen MR) is 61.2 cm³/mol. The number of benzene rings is 2. The predicted octanol–water partition coefficient (Wildman–Crippen LogP) is 3.02. The maximum Gasteiger partial charge on any atom is 0.128 e. The fraction of sp³-hybridized carbons (Fsp3) is 0. The molecular weight excluding hydrogens is 212 g/mol. The number of hydrogen-bond acceptors (Lipinski definition) is 3. The fourth-order valence-corrected chi connectivity index (χ4v) is 1.35. The summed E-state index contributed by atoms with van der Waals surface area (Å²) in [4.78, 5) is 0. The number of nitrogens with zero attached hydrogens (tertiary/aromatic N) is 2. The summed E-state index contributed by atoms with van der Waals surface area (Å²) in [6, 6.07) is 18.7. The number of hydrogen-bond donors (Lipinski definition) is 0. The van der Waals surface area contributed by atoms with Crippen molar-refractivity contribution >= 4 is 0 Å². The molecule has 0 unspecified atom stereocenters. The third-order valence-corrected chi connectivity index (χ3v) is 2.15. The topological polar surface area (TPSA) is 56.8 Å². The van der Waals surface area contributed by atoms with E-state index in [1.54, 1.807) is 36.4 Å². The van der Waals surface area contributed by atoms with Crippen molar-refractivity contribution in [2.45, 2.75) is 0 Å². The highest BCUT2D eigenvalue weighted by Crippen LogP contribution is 2.23. The van der Waals surface area contributed by atoms with Crippen molar-refractivity contribution < 1.29 is 4.74 Å². The van der Waals surface area contributed by atoms with Crippen molar-refractivity contribution in [1.29, 1.82) is 10.5 Å². The van der Waals surface area contributed by atoms with Crippen molar-refractivity contribution in [3.05, 3.63) is 59.7 Å². The van der Waals surface area contributed by atoms with Crippen LogP contribution in [0.25, 0.3) is 0 Å². The molecular formula is C14H7N2O. The minimum absolute atomic E-state index is 0.310. The van der Waals surface area contributed by atoms with Crippen molar-refractivity contribution in [3.63, 3.8) is 0 Å². The van der Waals surface area contributed by atoms with E-state index in [0.29, 0.717) is 22.6 Å². The summed E-state index contributed by atoms with van der Waals surface area (Å²) in [5, 5.41) is 17.7. The van der Waals surface area contributed by atoms with Gasteiger partial charge in [-0.1, -0.05) is 12.1 Å². The lowest BCUT2D eigenvalue weighted by Gasteiger charge is -2.05. The molecule has 2 aromatic carbocycles. The van der Waals surface area contributed by atoms with Crippen LogP contribution >= 0.6 is 0 Å². The molecule has 0 fully saturated rings. The van der Waals surface area contributed by atoms with Crippen LogP contribution in [-0.2, 0) is 0 Å². The van der Waals surface area contributed by atoms with Gasteiger partial charge < -0.3 is 4.74 Å². The van der Waals surface area contributed by atoms with E-state index in [2.05, 4.69) is 6.07 Å². The van der Waals surface area contributed by atoms with Gasteiger partial charge in [-0.15, -0.1) is 0 Å². The lowest BCUT2D eigenvalue weighted by molar-refractivity contribution is 0.482. The molecule has 0 amide bonds. The summed E-state index contributed by atoms with van der Waals surface area (Å²) in [7, 11) is 0. The van der Waals surface area contributed by atoms with Gasteiger partial charge >= 0.3 is 0 Å². The van der Waals surface area contributed by atoms with Gasteiger partial charge in [-0.25, -0.2) is 0 Å². The Labute approximate surface area is 99.1 Å². The first kappa shape index (κ1) is 10.7. The molecule has 0 aliphatic carbocycles. The monoisotopic (exact) mass is 219 g/mol. The maximum absolute atomic E-state index is 8.88. The van der Waals surface area contributed by atoms with Crippen LogP contribution < -0.4 is 4.74 Å². The largest absolute Gasteiger partial charge is 0.457 e. The van der Waals surface area contributed by atoms with Gasteiger partial charge in [0.15, 0.2) is 0 Å². The van der Waals surface area contributed by atoms with E-state index < -0.39 is 0 Å². The average Bonchev–Trinajstić information content (AvgIpc) is 2.40. The first-order valence-corrected chi connectivity index (χ1v) is 4.91.